The fraction of sp³-hybridized carbons (Fsp3) is 0.455. The molecule has 1 aromatic carbocycles. The van der Waals surface area contributed by atoms with Crippen molar-refractivity contribution >= 4 is 11.6 Å². The van der Waals surface area contributed by atoms with Gasteiger partial charge in [0.05, 0.1) is 5.02 Å². The fourth-order valence-corrected chi connectivity index (χ4v) is 1.60. The van der Waals surface area contributed by atoms with Gasteiger partial charge in [-0.3, -0.25) is 0 Å². The normalized spacial score (nSPS) is 12.2. The molecule has 0 aromatic heterocycles. The summed E-state index contributed by atoms with van der Waals surface area (Å²) in [4.78, 5) is 0. The van der Waals surface area contributed by atoms with E-state index in [-0.39, 0.29) is 10.6 Å². The quantitative estimate of drug-likeness (QED) is 0.682. The molecule has 0 aliphatic carbocycles. The van der Waals surface area contributed by atoms with E-state index in [0.717, 1.165) is 12.5 Å². The van der Waals surface area contributed by atoms with E-state index in [9.17, 15) is 8.78 Å². The number of hydrogen-bond donors (Lipinski definition) is 0. The SMILES string of the molecule is CC(C)c1ccc(C(C)(F)F)c(Cl)c1. The van der Waals surface area contributed by atoms with E-state index in [0.29, 0.717) is 5.92 Å². The Morgan fingerprint density at radius 3 is 2.21 bits per heavy atom. The van der Waals surface area contributed by atoms with Gasteiger partial charge in [-0.05, 0) is 17.5 Å². The third-order valence-corrected chi connectivity index (χ3v) is 2.45. The minimum absolute atomic E-state index is 0.108. The molecule has 3 heteroatoms. The highest BCUT2D eigenvalue weighted by molar-refractivity contribution is 6.31. The number of alkyl halides is 2. The minimum atomic E-state index is -2.87. The summed E-state index contributed by atoms with van der Waals surface area (Å²) >= 11 is 5.78. The molecule has 78 valence electrons. The van der Waals surface area contributed by atoms with Gasteiger partial charge >= 0.3 is 0 Å². The van der Waals surface area contributed by atoms with Crippen LogP contribution >= 0.6 is 11.6 Å². The first kappa shape index (κ1) is 11.4. The van der Waals surface area contributed by atoms with Gasteiger partial charge in [0, 0.05) is 12.5 Å². The molecule has 0 nitrogen and oxygen atoms in total. The van der Waals surface area contributed by atoms with E-state index in [2.05, 4.69) is 0 Å². The standard InChI is InChI=1S/C11H13ClF2/c1-7(2)8-4-5-9(10(12)6-8)11(3,13)14/h4-7H,1-3H3. The molecule has 0 amide bonds. The van der Waals surface area contributed by atoms with Crippen molar-refractivity contribution in [1.29, 1.82) is 0 Å². The van der Waals surface area contributed by atoms with Gasteiger partial charge in [-0.25, -0.2) is 8.78 Å². The second-order valence-electron chi connectivity index (χ2n) is 3.78. The maximum Gasteiger partial charge on any atom is 0.271 e. The molecule has 1 rings (SSSR count). The second kappa shape index (κ2) is 3.85. The third-order valence-electron chi connectivity index (χ3n) is 2.13. The maximum atomic E-state index is 13.0. The molecule has 0 fully saturated rings. The Labute approximate surface area is 87.9 Å². The van der Waals surface area contributed by atoms with Crippen LogP contribution in [-0.2, 0) is 5.92 Å². The lowest BCUT2D eigenvalue weighted by Crippen LogP contribution is -2.08. The van der Waals surface area contributed by atoms with Crippen LogP contribution < -0.4 is 0 Å². The van der Waals surface area contributed by atoms with E-state index in [1.165, 1.54) is 6.07 Å². The first-order valence-electron chi connectivity index (χ1n) is 4.50. The molecule has 0 saturated carbocycles. The number of halogens is 3. The highest BCUT2D eigenvalue weighted by Crippen LogP contribution is 2.34. The van der Waals surface area contributed by atoms with Crippen molar-refractivity contribution in [3.63, 3.8) is 0 Å². The summed E-state index contributed by atoms with van der Waals surface area (Å²) < 4.78 is 25.9. The predicted octanol–water partition coefficient (Wildman–Crippen LogP) is 4.58. The Kier molecular flexibility index (Phi) is 3.15. The van der Waals surface area contributed by atoms with E-state index in [1.54, 1.807) is 12.1 Å². The average molecular weight is 219 g/mol. The van der Waals surface area contributed by atoms with Crippen molar-refractivity contribution in [1.82, 2.24) is 0 Å². The Balaban J connectivity index is 3.15. The second-order valence-corrected chi connectivity index (χ2v) is 4.19. The Bertz CT molecular complexity index is 327. The van der Waals surface area contributed by atoms with Gasteiger partial charge in [0.1, 0.15) is 0 Å². The summed E-state index contributed by atoms with van der Waals surface area (Å²) in [6.45, 7) is 4.84. The zero-order chi connectivity index (χ0) is 10.9. The van der Waals surface area contributed by atoms with E-state index in [1.807, 2.05) is 13.8 Å². The summed E-state index contributed by atoms with van der Waals surface area (Å²) in [6, 6.07) is 4.71. The predicted molar refractivity (Wildman–Crippen MR) is 55.1 cm³/mol. The number of benzene rings is 1. The average Bonchev–Trinajstić information content (AvgIpc) is 2.01. The van der Waals surface area contributed by atoms with Crippen LogP contribution in [0.15, 0.2) is 18.2 Å². The monoisotopic (exact) mass is 218 g/mol. The molecule has 0 heterocycles. The molecule has 0 bridgehead atoms. The summed E-state index contributed by atoms with van der Waals surface area (Å²) in [5, 5.41) is 0.142. The van der Waals surface area contributed by atoms with Crippen molar-refractivity contribution in [2.24, 2.45) is 0 Å². The number of hydrogen-bond acceptors (Lipinski definition) is 0. The van der Waals surface area contributed by atoms with E-state index >= 15 is 0 Å². The lowest BCUT2D eigenvalue weighted by atomic mass is 10.00. The molecule has 0 aliphatic rings. The van der Waals surface area contributed by atoms with Crippen LogP contribution in [0.25, 0.3) is 0 Å². The van der Waals surface area contributed by atoms with Gasteiger partial charge in [0.25, 0.3) is 5.92 Å². The van der Waals surface area contributed by atoms with Crippen molar-refractivity contribution in [3.8, 4) is 0 Å². The molecule has 14 heavy (non-hydrogen) atoms. The van der Waals surface area contributed by atoms with Crippen LogP contribution in [0.3, 0.4) is 0 Å². The Morgan fingerprint density at radius 2 is 1.86 bits per heavy atom. The van der Waals surface area contributed by atoms with Gasteiger partial charge in [-0.1, -0.05) is 37.6 Å². The molecule has 0 N–H and O–H groups in total. The van der Waals surface area contributed by atoms with Crippen molar-refractivity contribution in [2.75, 3.05) is 0 Å². The zero-order valence-electron chi connectivity index (χ0n) is 8.44. The molecule has 1 aromatic rings. The molecule has 0 spiro atoms. The van der Waals surface area contributed by atoms with Gasteiger partial charge in [0.15, 0.2) is 0 Å². The molecule has 0 aliphatic heterocycles. The van der Waals surface area contributed by atoms with E-state index < -0.39 is 5.92 Å². The largest absolute Gasteiger partial charge is 0.271 e. The van der Waals surface area contributed by atoms with Crippen LogP contribution in [0.2, 0.25) is 5.02 Å². The lowest BCUT2D eigenvalue weighted by Gasteiger charge is -2.14. The summed E-state index contributed by atoms with van der Waals surface area (Å²) in [5.41, 5.74) is 0.867. The Hall–Kier alpha value is -0.630. The highest BCUT2D eigenvalue weighted by atomic mass is 35.5. The van der Waals surface area contributed by atoms with Crippen LogP contribution in [-0.4, -0.2) is 0 Å². The summed E-state index contributed by atoms with van der Waals surface area (Å²) in [6.07, 6.45) is 0. The zero-order valence-corrected chi connectivity index (χ0v) is 9.20. The summed E-state index contributed by atoms with van der Waals surface area (Å²) in [7, 11) is 0. The lowest BCUT2D eigenvalue weighted by molar-refractivity contribution is 0.0176. The number of rotatable bonds is 2. The Morgan fingerprint density at radius 1 is 1.29 bits per heavy atom. The van der Waals surface area contributed by atoms with Crippen LogP contribution in [0.1, 0.15) is 37.8 Å². The van der Waals surface area contributed by atoms with Crippen molar-refractivity contribution in [2.45, 2.75) is 32.6 Å². The molecule has 0 atom stereocenters. The van der Waals surface area contributed by atoms with E-state index in [4.69, 9.17) is 11.6 Å². The van der Waals surface area contributed by atoms with Gasteiger partial charge in [-0.2, -0.15) is 0 Å². The first-order valence-corrected chi connectivity index (χ1v) is 4.88. The van der Waals surface area contributed by atoms with Gasteiger partial charge in [-0.15, -0.1) is 0 Å². The van der Waals surface area contributed by atoms with Crippen LogP contribution in [0.5, 0.6) is 0 Å². The molecule has 0 radical (unpaired) electrons. The minimum Gasteiger partial charge on any atom is -0.202 e. The van der Waals surface area contributed by atoms with Crippen LogP contribution in [0, 0.1) is 0 Å². The van der Waals surface area contributed by atoms with Crippen molar-refractivity contribution in [3.05, 3.63) is 34.3 Å². The third kappa shape index (κ3) is 2.44. The summed E-state index contributed by atoms with van der Waals surface area (Å²) in [5.74, 6) is -2.57. The molecular formula is C11H13ClF2. The fourth-order valence-electron chi connectivity index (χ4n) is 1.25. The van der Waals surface area contributed by atoms with Crippen LogP contribution in [0.4, 0.5) is 8.78 Å². The first-order chi connectivity index (χ1) is 6.32. The molecule has 0 saturated heterocycles. The maximum absolute atomic E-state index is 13.0. The van der Waals surface area contributed by atoms with Gasteiger partial charge < -0.3 is 0 Å². The topological polar surface area (TPSA) is 0 Å². The molecular weight excluding hydrogens is 206 g/mol. The highest BCUT2D eigenvalue weighted by Gasteiger charge is 2.27. The van der Waals surface area contributed by atoms with Crippen molar-refractivity contribution < 1.29 is 8.78 Å². The smallest absolute Gasteiger partial charge is 0.202 e. The molecule has 0 unspecified atom stereocenters. The van der Waals surface area contributed by atoms with Gasteiger partial charge in [0.2, 0.25) is 0 Å².